The van der Waals surface area contributed by atoms with Crippen molar-refractivity contribution in [2.75, 3.05) is 6.54 Å². The van der Waals surface area contributed by atoms with Gasteiger partial charge in [-0.15, -0.1) is 0 Å². The molecule has 1 heterocycles. The van der Waals surface area contributed by atoms with Crippen LogP contribution < -0.4 is 5.32 Å². The molecule has 0 saturated heterocycles. The zero-order valence-corrected chi connectivity index (χ0v) is 10.6. The second-order valence-corrected chi connectivity index (χ2v) is 4.31. The molecule has 0 radical (unpaired) electrons. The number of hydrogen-bond donors (Lipinski definition) is 2. The molecule has 1 aromatic heterocycles. The van der Waals surface area contributed by atoms with E-state index in [2.05, 4.69) is 27.7 Å². The van der Waals surface area contributed by atoms with E-state index in [1.807, 2.05) is 13.0 Å². The predicted molar refractivity (Wildman–Crippen MR) is 67.7 cm³/mol. The third-order valence-corrected chi connectivity index (χ3v) is 2.79. The Balaban J connectivity index is 2.36. The van der Waals surface area contributed by atoms with Gasteiger partial charge in [0, 0.05) is 5.56 Å². The molecule has 0 aliphatic carbocycles. The van der Waals surface area contributed by atoms with Gasteiger partial charge in [0.2, 0.25) is 0 Å². The molecular formula is C13H17FN4. The number of nitrogens with one attached hydrogen (secondary N) is 2. The van der Waals surface area contributed by atoms with Crippen LogP contribution in [0.25, 0.3) is 0 Å². The van der Waals surface area contributed by atoms with E-state index in [0.717, 1.165) is 18.5 Å². The van der Waals surface area contributed by atoms with Crippen molar-refractivity contribution in [2.45, 2.75) is 26.3 Å². The van der Waals surface area contributed by atoms with Gasteiger partial charge in [0.15, 0.2) is 0 Å². The molecule has 2 rings (SSSR count). The summed E-state index contributed by atoms with van der Waals surface area (Å²) in [5.74, 6) is -0.225. The molecule has 0 aliphatic rings. The highest BCUT2D eigenvalue weighted by atomic mass is 19.1. The Hall–Kier alpha value is -1.75. The Bertz CT molecular complexity index is 496. The van der Waals surface area contributed by atoms with Gasteiger partial charge in [-0.25, -0.2) is 4.39 Å². The fourth-order valence-corrected chi connectivity index (χ4v) is 1.90. The monoisotopic (exact) mass is 248 g/mol. The van der Waals surface area contributed by atoms with Crippen molar-refractivity contribution in [2.24, 2.45) is 0 Å². The van der Waals surface area contributed by atoms with Gasteiger partial charge < -0.3 is 5.32 Å². The Morgan fingerprint density at radius 2 is 2.28 bits per heavy atom. The molecule has 2 aromatic rings. The van der Waals surface area contributed by atoms with E-state index in [-0.39, 0.29) is 11.9 Å². The second kappa shape index (κ2) is 5.73. The summed E-state index contributed by atoms with van der Waals surface area (Å²) in [7, 11) is 0. The van der Waals surface area contributed by atoms with Gasteiger partial charge in [-0.3, -0.25) is 0 Å². The lowest BCUT2D eigenvalue weighted by Gasteiger charge is -2.17. The van der Waals surface area contributed by atoms with Crippen LogP contribution in [0.4, 0.5) is 4.39 Å². The molecule has 96 valence electrons. The molecule has 0 fully saturated rings. The topological polar surface area (TPSA) is 53.6 Å². The molecule has 1 aromatic carbocycles. The van der Waals surface area contributed by atoms with Crippen LogP contribution >= 0.6 is 0 Å². The summed E-state index contributed by atoms with van der Waals surface area (Å²) < 4.78 is 13.9. The highest BCUT2D eigenvalue weighted by molar-refractivity contribution is 5.31. The van der Waals surface area contributed by atoms with Crippen LogP contribution in [0.1, 0.15) is 36.2 Å². The summed E-state index contributed by atoms with van der Waals surface area (Å²) in [5.41, 5.74) is 2.34. The number of aryl methyl sites for hydroxylation is 1. The van der Waals surface area contributed by atoms with Crippen LogP contribution in [0, 0.1) is 12.7 Å². The second-order valence-electron chi connectivity index (χ2n) is 4.31. The van der Waals surface area contributed by atoms with Crippen LogP contribution in [0.3, 0.4) is 0 Å². The average molecular weight is 248 g/mol. The summed E-state index contributed by atoms with van der Waals surface area (Å²) in [6, 6.07) is 4.84. The number of nitrogens with zero attached hydrogens (tertiary/aromatic N) is 2. The van der Waals surface area contributed by atoms with Crippen molar-refractivity contribution >= 4 is 0 Å². The highest BCUT2D eigenvalue weighted by Gasteiger charge is 2.19. The molecule has 1 atom stereocenters. The SMILES string of the molecule is CCCNC(c1cn[nH]n1)c1cc(C)ccc1F. The van der Waals surface area contributed by atoms with Crippen molar-refractivity contribution in [1.82, 2.24) is 20.7 Å². The molecule has 5 heteroatoms. The zero-order valence-electron chi connectivity index (χ0n) is 10.6. The highest BCUT2D eigenvalue weighted by Crippen LogP contribution is 2.23. The predicted octanol–water partition coefficient (Wildman–Crippen LogP) is 2.34. The van der Waals surface area contributed by atoms with Gasteiger partial charge >= 0.3 is 0 Å². The van der Waals surface area contributed by atoms with E-state index in [9.17, 15) is 4.39 Å². The normalized spacial score (nSPS) is 12.6. The van der Waals surface area contributed by atoms with Crippen LogP contribution in [-0.2, 0) is 0 Å². The van der Waals surface area contributed by atoms with Crippen LogP contribution in [0.5, 0.6) is 0 Å². The summed E-state index contributed by atoms with van der Waals surface area (Å²) in [4.78, 5) is 0. The minimum atomic E-state index is -0.261. The van der Waals surface area contributed by atoms with Gasteiger partial charge in [0.25, 0.3) is 0 Å². The Morgan fingerprint density at radius 1 is 1.44 bits per heavy atom. The smallest absolute Gasteiger partial charge is 0.128 e. The maximum absolute atomic E-state index is 13.9. The lowest BCUT2D eigenvalue weighted by atomic mass is 10.0. The van der Waals surface area contributed by atoms with E-state index in [1.165, 1.54) is 6.07 Å². The quantitative estimate of drug-likeness (QED) is 0.854. The Kier molecular flexibility index (Phi) is 4.04. The summed E-state index contributed by atoms with van der Waals surface area (Å²) in [6.07, 6.45) is 2.59. The van der Waals surface area contributed by atoms with Crippen LogP contribution in [0.2, 0.25) is 0 Å². The van der Waals surface area contributed by atoms with E-state index >= 15 is 0 Å². The minimum absolute atomic E-state index is 0.225. The Labute approximate surface area is 106 Å². The number of hydrogen-bond acceptors (Lipinski definition) is 3. The van der Waals surface area contributed by atoms with Gasteiger partial charge in [0.05, 0.1) is 12.2 Å². The first-order valence-corrected chi connectivity index (χ1v) is 6.07. The van der Waals surface area contributed by atoms with Crippen LogP contribution in [0.15, 0.2) is 24.4 Å². The van der Waals surface area contributed by atoms with E-state index < -0.39 is 0 Å². The lowest BCUT2D eigenvalue weighted by molar-refractivity contribution is 0.538. The van der Waals surface area contributed by atoms with Gasteiger partial charge in [0.1, 0.15) is 11.5 Å². The maximum Gasteiger partial charge on any atom is 0.128 e. The van der Waals surface area contributed by atoms with Crippen molar-refractivity contribution in [3.63, 3.8) is 0 Å². The van der Waals surface area contributed by atoms with Gasteiger partial charge in [-0.1, -0.05) is 24.6 Å². The first-order chi connectivity index (χ1) is 8.72. The molecule has 18 heavy (non-hydrogen) atoms. The first-order valence-electron chi connectivity index (χ1n) is 6.07. The number of H-pyrrole nitrogens is 1. The molecule has 2 N–H and O–H groups in total. The number of aromatic nitrogens is 3. The largest absolute Gasteiger partial charge is 0.305 e. The minimum Gasteiger partial charge on any atom is -0.305 e. The first kappa shape index (κ1) is 12.7. The van der Waals surface area contributed by atoms with E-state index in [4.69, 9.17) is 0 Å². The number of halogens is 1. The third kappa shape index (κ3) is 2.73. The number of aromatic amines is 1. The van der Waals surface area contributed by atoms with Crippen molar-refractivity contribution in [3.8, 4) is 0 Å². The summed E-state index contributed by atoms with van der Waals surface area (Å²) >= 11 is 0. The standard InChI is InChI=1S/C13H17FN4/c1-3-6-15-13(12-8-16-18-17-12)10-7-9(2)4-5-11(10)14/h4-5,7-8,13,15H,3,6H2,1-2H3,(H,16,17,18). The average Bonchev–Trinajstić information content (AvgIpc) is 2.88. The maximum atomic E-state index is 13.9. The fraction of sp³-hybridized carbons (Fsp3) is 0.385. The lowest BCUT2D eigenvalue weighted by Crippen LogP contribution is -2.24. The molecule has 4 nitrogen and oxygen atoms in total. The van der Waals surface area contributed by atoms with Gasteiger partial charge in [-0.05, 0) is 26.0 Å². The molecule has 1 unspecified atom stereocenters. The van der Waals surface area contributed by atoms with Gasteiger partial charge in [-0.2, -0.15) is 15.4 Å². The number of rotatable bonds is 5. The van der Waals surface area contributed by atoms with E-state index in [0.29, 0.717) is 11.3 Å². The molecular weight excluding hydrogens is 231 g/mol. The van der Waals surface area contributed by atoms with Crippen molar-refractivity contribution in [3.05, 3.63) is 47.0 Å². The third-order valence-electron chi connectivity index (χ3n) is 2.79. The van der Waals surface area contributed by atoms with Crippen molar-refractivity contribution in [1.29, 1.82) is 0 Å². The Morgan fingerprint density at radius 3 is 2.94 bits per heavy atom. The van der Waals surface area contributed by atoms with Crippen LogP contribution in [-0.4, -0.2) is 22.0 Å². The fourth-order valence-electron chi connectivity index (χ4n) is 1.90. The zero-order chi connectivity index (χ0) is 13.0. The summed E-state index contributed by atoms with van der Waals surface area (Å²) in [6.45, 7) is 4.81. The van der Waals surface area contributed by atoms with E-state index in [1.54, 1.807) is 12.3 Å². The number of benzene rings is 1. The molecule has 0 saturated carbocycles. The molecule has 0 amide bonds. The van der Waals surface area contributed by atoms with Crippen molar-refractivity contribution < 1.29 is 4.39 Å². The molecule has 0 bridgehead atoms. The molecule has 0 spiro atoms. The molecule has 0 aliphatic heterocycles. The summed E-state index contributed by atoms with van der Waals surface area (Å²) in [5, 5.41) is 13.7.